The molecule has 1 aliphatic heterocycles. The summed E-state index contributed by atoms with van der Waals surface area (Å²) in [4.78, 5) is 24.6. The first-order chi connectivity index (χ1) is 9.56. The molecule has 0 aliphatic carbocycles. The van der Waals surface area contributed by atoms with Crippen LogP contribution in [-0.4, -0.2) is 41.1 Å². The van der Waals surface area contributed by atoms with Crippen LogP contribution in [0.1, 0.15) is 58.8 Å². The molecular formula is C15H28N2O3. The largest absolute Gasteiger partial charge is 0.481 e. The Kier molecular flexibility index (Phi) is 7.41. The number of urea groups is 1. The van der Waals surface area contributed by atoms with Gasteiger partial charge in [-0.05, 0) is 38.0 Å². The van der Waals surface area contributed by atoms with E-state index in [4.69, 9.17) is 5.11 Å². The molecule has 1 rings (SSSR count). The molecule has 1 saturated heterocycles. The van der Waals surface area contributed by atoms with Crippen molar-refractivity contribution in [1.29, 1.82) is 0 Å². The lowest BCUT2D eigenvalue weighted by Gasteiger charge is -2.33. The van der Waals surface area contributed by atoms with Gasteiger partial charge in [0.1, 0.15) is 0 Å². The number of likely N-dealkylation sites (tertiary alicyclic amines) is 1. The number of rotatable bonds is 7. The summed E-state index contributed by atoms with van der Waals surface area (Å²) in [5, 5.41) is 11.8. The molecule has 2 amide bonds. The van der Waals surface area contributed by atoms with Crippen molar-refractivity contribution in [3.8, 4) is 0 Å². The molecule has 20 heavy (non-hydrogen) atoms. The van der Waals surface area contributed by atoms with Crippen molar-refractivity contribution >= 4 is 12.0 Å². The number of nitrogens with zero attached hydrogens (tertiary/aromatic N) is 1. The molecule has 0 radical (unpaired) electrons. The minimum absolute atomic E-state index is 0.0435. The second kappa shape index (κ2) is 8.82. The van der Waals surface area contributed by atoms with E-state index in [2.05, 4.69) is 19.2 Å². The van der Waals surface area contributed by atoms with Crippen molar-refractivity contribution in [1.82, 2.24) is 10.2 Å². The molecule has 5 heteroatoms. The molecule has 116 valence electrons. The van der Waals surface area contributed by atoms with Crippen LogP contribution in [-0.2, 0) is 4.79 Å². The Balaban J connectivity index is 2.29. The van der Waals surface area contributed by atoms with Gasteiger partial charge >= 0.3 is 12.0 Å². The maximum Gasteiger partial charge on any atom is 0.317 e. The maximum atomic E-state index is 12.1. The Morgan fingerprint density at radius 2 is 1.95 bits per heavy atom. The fraction of sp³-hybridized carbons (Fsp3) is 0.867. The second-order valence-corrected chi connectivity index (χ2v) is 5.71. The Bertz CT molecular complexity index is 312. The molecule has 2 N–H and O–H groups in total. The van der Waals surface area contributed by atoms with E-state index in [1.54, 1.807) is 0 Å². The van der Waals surface area contributed by atoms with Gasteiger partial charge in [-0.3, -0.25) is 4.79 Å². The molecule has 0 aromatic carbocycles. The van der Waals surface area contributed by atoms with Crippen LogP contribution in [0.15, 0.2) is 0 Å². The van der Waals surface area contributed by atoms with Crippen LogP contribution in [0.4, 0.5) is 4.79 Å². The zero-order valence-corrected chi connectivity index (χ0v) is 12.7. The maximum absolute atomic E-state index is 12.1. The average Bonchev–Trinajstić information content (AvgIpc) is 2.45. The van der Waals surface area contributed by atoms with E-state index in [0.717, 1.165) is 51.6 Å². The van der Waals surface area contributed by atoms with Crippen molar-refractivity contribution in [2.45, 2.75) is 64.8 Å². The first-order valence-corrected chi connectivity index (χ1v) is 7.84. The molecule has 0 spiro atoms. The summed E-state index contributed by atoms with van der Waals surface area (Å²) in [5.41, 5.74) is 0. The molecule has 0 bridgehead atoms. The number of nitrogens with one attached hydrogen (secondary N) is 1. The third-order valence-corrected chi connectivity index (χ3v) is 4.13. The number of carboxylic acid groups (broad SMARTS) is 1. The molecule has 0 aromatic heterocycles. The molecule has 1 fully saturated rings. The summed E-state index contributed by atoms with van der Waals surface area (Å²) in [6.45, 7) is 5.72. The second-order valence-electron chi connectivity index (χ2n) is 5.71. The number of hydrogen-bond acceptors (Lipinski definition) is 2. The van der Waals surface area contributed by atoms with Crippen LogP contribution in [0.25, 0.3) is 0 Å². The van der Waals surface area contributed by atoms with E-state index >= 15 is 0 Å². The Labute approximate surface area is 121 Å². The number of carboxylic acids is 1. The number of aliphatic carboxylic acids is 1. The van der Waals surface area contributed by atoms with Gasteiger partial charge in [0.25, 0.3) is 0 Å². The summed E-state index contributed by atoms with van der Waals surface area (Å²) in [6.07, 6.45) is 5.89. The molecule has 0 aromatic rings. The highest BCUT2D eigenvalue weighted by molar-refractivity contribution is 5.74. The minimum atomic E-state index is -0.726. The Hall–Kier alpha value is -1.26. The monoisotopic (exact) mass is 284 g/mol. The minimum Gasteiger partial charge on any atom is -0.481 e. The fourth-order valence-electron chi connectivity index (χ4n) is 2.75. The Morgan fingerprint density at radius 3 is 2.45 bits per heavy atom. The van der Waals surface area contributed by atoms with Gasteiger partial charge < -0.3 is 15.3 Å². The van der Waals surface area contributed by atoms with Crippen molar-refractivity contribution < 1.29 is 14.7 Å². The quantitative estimate of drug-likeness (QED) is 0.755. The van der Waals surface area contributed by atoms with Crippen LogP contribution < -0.4 is 5.32 Å². The van der Waals surface area contributed by atoms with Crippen molar-refractivity contribution in [3.05, 3.63) is 0 Å². The highest BCUT2D eigenvalue weighted by Gasteiger charge is 2.24. The lowest BCUT2D eigenvalue weighted by molar-refractivity contribution is -0.137. The van der Waals surface area contributed by atoms with E-state index in [0.29, 0.717) is 5.92 Å². The standard InChI is InChI=1S/C15H28N2O3/c1-3-5-13(4-2)16-15(20)17-10-8-12(9-11-17)6-7-14(18)19/h12-13H,3-11H2,1-2H3,(H,16,20)(H,18,19). The van der Waals surface area contributed by atoms with Crippen LogP contribution >= 0.6 is 0 Å². The predicted molar refractivity (Wildman–Crippen MR) is 78.7 cm³/mol. The van der Waals surface area contributed by atoms with Gasteiger partial charge in [-0.1, -0.05) is 20.3 Å². The predicted octanol–water partition coefficient (Wildman–Crippen LogP) is 2.85. The zero-order chi connectivity index (χ0) is 15.0. The van der Waals surface area contributed by atoms with Gasteiger partial charge in [0.05, 0.1) is 0 Å². The lowest BCUT2D eigenvalue weighted by Crippen LogP contribution is -2.47. The SMILES string of the molecule is CCCC(CC)NC(=O)N1CCC(CCC(=O)O)CC1. The lowest BCUT2D eigenvalue weighted by atomic mass is 9.92. The van der Waals surface area contributed by atoms with Gasteiger partial charge in [-0.15, -0.1) is 0 Å². The van der Waals surface area contributed by atoms with Crippen molar-refractivity contribution in [2.24, 2.45) is 5.92 Å². The highest BCUT2D eigenvalue weighted by atomic mass is 16.4. The van der Waals surface area contributed by atoms with Gasteiger partial charge in [-0.25, -0.2) is 4.79 Å². The van der Waals surface area contributed by atoms with Crippen molar-refractivity contribution in [3.63, 3.8) is 0 Å². The van der Waals surface area contributed by atoms with Crippen LogP contribution in [0, 0.1) is 5.92 Å². The van der Waals surface area contributed by atoms with E-state index in [1.807, 2.05) is 4.90 Å². The molecule has 5 nitrogen and oxygen atoms in total. The Morgan fingerprint density at radius 1 is 1.30 bits per heavy atom. The molecule has 0 saturated carbocycles. The molecule has 1 aliphatic rings. The summed E-state index contributed by atoms with van der Waals surface area (Å²) in [7, 11) is 0. The summed E-state index contributed by atoms with van der Waals surface area (Å²) in [6, 6.07) is 0.319. The fourth-order valence-corrected chi connectivity index (χ4v) is 2.75. The number of carbonyl (C=O) groups is 2. The third kappa shape index (κ3) is 5.80. The average molecular weight is 284 g/mol. The summed E-state index contributed by atoms with van der Waals surface area (Å²) >= 11 is 0. The first-order valence-electron chi connectivity index (χ1n) is 7.84. The highest BCUT2D eigenvalue weighted by Crippen LogP contribution is 2.22. The van der Waals surface area contributed by atoms with Gasteiger partial charge in [0.15, 0.2) is 0 Å². The van der Waals surface area contributed by atoms with Crippen LogP contribution in [0.3, 0.4) is 0 Å². The number of hydrogen-bond donors (Lipinski definition) is 2. The first kappa shape index (κ1) is 16.8. The number of amides is 2. The topological polar surface area (TPSA) is 69.6 Å². The molecule has 1 atom stereocenters. The number of piperidine rings is 1. The normalized spacial score (nSPS) is 17.8. The summed E-state index contributed by atoms with van der Waals surface area (Å²) < 4.78 is 0. The van der Waals surface area contributed by atoms with Gasteiger partial charge in [-0.2, -0.15) is 0 Å². The molecular weight excluding hydrogens is 256 g/mol. The van der Waals surface area contributed by atoms with Crippen LogP contribution in [0.5, 0.6) is 0 Å². The van der Waals surface area contributed by atoms with E-state index < -0.39 is 5.97 Å². The van der Waals surface area contributed by atoms with Crippen LogP contribution in [0.2, 0.25) is 0 Å². The smallest absolute Gasteiger partial charge is 0.317 e. The van der Waals surface area contributed by atoms with E-state index in [1.165, 1.54) is 0 Å². The number of carbonyl (C=O) groups excluding carboxylic acids is 1. The van der Waals surface area contributed by atoms with Crippen molar-refractivity contribution in [2.75, 3.05) is 13.1 Å². The molecule has 1 unspecified atom stereocenters. The zero-order valence-electron chi connectivity index (χ0n) is 12.7. The van der Waals surface area contributed by atoms with Gasteiger partial charge in [0.2, 0.25) is 0 Å². The van der Waals surface area contributed by atoms with Gasteiger partial charge in [0, 0.05) is 25.6 Å². The third-order valence-electron chi connectivity index (χ3n) is 4.13. The van der Waals surface area contributed by atoms with E-state index in [9.17, 15) is 9.59 Å². The molecule has 1 heterocycles. The van der Waals surface area contributed by atoms with E-state index in [-0.39, 0.29) is 18.5 Å². The summed E-state index contributed by atoms with van der Waals surface area (Å²) in [5.74, 6) is -0.275.